The first-order valence-corrected chi connectivity index (χ1v) is 11.6. The molecular weight excluding hydrogens is 533 g/mol. The van der Waals surface area contributed by atoms with Crippen molar-refractivity contribution in [2.45, 2.75) is 6.54 Å². The summed E-state index contributed by atoms with van der Waals surface area (Å²) >= 11 is 10.1. The number of hydrogen-bond donors (Lipinski definition) is 0. The van der Waals surface area contributed by atoms with Gasteiger partial charge in [0.05, 0.1) is 17.0 Å². The van der Waals surface area contributed by atoms with Gasteiger partial charge in [-0.2, -0.15) is 0 Å². The fraction of sp³-hybridized carbons (Fsp3) is 0.0417. The van der Waals surface area contributed by atoms with Crippen molar-refractivity contribution >= 4 is 62.5 Å². The van der Waals surface area contributed by atoms with Gasteiger partial charge in [-0.05, 0) is 71.4 Å². The van der Waals surface area contributed by atoms with Crippen molar-refractivity contribution in [2.24, 2.45) is 0 Å². The van der Waals surface area contributed by atoms with Gasteiger partial charge in [0.15, 0.2) is 0 Å². The van der Waals surface area contributed by atoms with E-state index in [-0.39, 0.29) is 16.5 Å². The van der Waals surface area contributed by atoms with Gasteiger partial charge in [-0.1, -0.05) is 51.8 Å². The Morgan fingerprint density at radius 1 is 1.09 bits per heavy atom. The highest BCUT2D eigenvalue weighted by Gasteiger charge is 2.35. The summed E-state index contributed by atoms with van der Waals surface area (Å²) in [7, 11) is 0. The van der Waals surface area contributed by atoms with Gasteiger partial charge in [0.1, 0.15) is 11.6 Å². The van der Waals surface area contributed by atoms with Gasteiger partial charge in [0.25, 0.3) is 11.1 Å². The molecule has 1 fully saturated rings. The molecule has 0 atom stereocenters. The smallest absolute Gasteiger partial charge is 0.343 e. The van der Waals surface area contributed by atoms with E-state index in [1.807, 2.05) is 6.07 Å². The van der Waals surface area contributed by atoms with E-state index in [2.05, 4.69) is 15.9 Å². The second-order valence-corrected chi connectivity index (χ2v) is 9.29. The first-order chi connectivity index (χ1) is 15.8. The Bertz CT molecular complexity index is 1300. The summed E-state index contributed by atoms with van der Waals surface area (Å²) in [6, 6.07) is 17.2. The Hall–Kier alpha value is -2.94. The van der Waals surface area contributed by atoms with Crippen LogP contribution >= 0.6 is 39.3 Å². The molecule has 0 aliphatic carbocycles. The number of thioether (sulfide) groups is 1. The van der Waals surface area contributed by atoms with Crippen LogP contribution in [0.1, 0.15) is 21.5 Å². The van der Waals surface area contributed by atoms with Crippen LogP contribution in [0.4, 0.5) is 9.18 Å². The zero-order valence-electron chi connectivity index (χ0n) is 16.8. The number of benzene rings is 3. The Balaban J connectivity index is 1.45. The van der Waals surface area contributed by atoms with Crippen molar-refractivity contribution in [1.29, 1.82) is 0 Å². The van der Waals surface area contributed by atoms with Crippen molar-refractivity contribution in [3.8, 4) is 5.75 Å². The third-order valence-electron chi connectivity index (χ3n) is 4.67. The number of hydrogen-bond acceptors (Lipinski definition) is 5. The third-order valence-corrected chi connectivity index (χ3v) is 6.42. The minimum absolute atomic E-state index is 0.0500. The number of halogens is 3. The SMILES string of the molecule is O=C(Oc1ccc(/C=C2\SC(=O)N(Cc3ccc(F)cc3Cl)C2=O)cc1)c1cccc(Br)c1. The van der Waals surface area contributed by atoms with Gasteiger partial charge in [0, 0.05) is 9.50 Å². The average Bonchev–Trinajstić information content (AvgIpc) is 3.04. The lowest BCUT2D eigenvalue weighted by atomic mass is 10.2. The molecule has 0 aromatic heterocycles. The van der Waals surface area contributed by atoms with Crippen molar-refractivity contribution < 1.29 is 23.5 Å². The van der Waals surface area contributed by atoms with Gasteiger partial charge < -0.3 is 4.74 Å². The number of esters is 1. The van der Waals surface area contributed by atoms with Crippen molar-refractivity contribution in [1.82, 2.24) is 4.90 Å². The van der Waals surface area contributed by atoms with E-state index in [4.69, 9.17) is 16.3 Å². The molecule has 3 aromatic carbocycles. The monoisotopic (exact) mass is 545 g/mol. The second kappa shape index (κ2) is 9.91. The maximum atomic E-state index is 13.2. The van der Waals surface area contributed by atoms with Gasteiger partial charge in [0.2, 0.25) is 0 Å². The van der Waals surface area contributed by atoms with E-state index in [9.17, 15) is 18.8 Å². The standard InChI is InChI=1S/C24H14BrClFNO4S/c25-17-3-1-2-15(11-17)23(30)32-19-8-4-14(5-9-19)10-21-22(29)28(24(31)33-21)13-16-6-7-18(27)12-20(16)26/h1-12H,13H2/b21-10-. The van der Waals surface area contributed by atoms with Gasteiger partial charge in [-0.3, -0.25) is 14.5 Å². The van der Waals surface area contributed by atoms with Crippen LogP contribution in [0, 0.1) is 5.82 Å². The Kier molecular flexibility index (Phi) is 6.97. The highest BCUT2D eigenvalue weighted by molar-refractivity contribution is 9.10. The Morgan fingerprint density at radius 3 is 2.55 bits per heavy atom. The number of carbonyl (C=O) groups excluding carboxylic acids is 3. The number of nitrogens with zero attached hydrogens (tertiary/aromatic N) is 1. The zero-order chi connectivity index (χ0) is 23.5. The molecule has 9 heteroatoms. The summed E-state index contributed by atoms with van der Waals surface area (Å²) in [5, 5.41) is -0.294. The summed E-state index contributed by atoms with van der Waals surface area (Å²) in [5.41, 5.74) is 1.53. The van der Waals surface area contributed by atoms with Crippen LogP contribution in [0.2, 0.25) is 5.02 Å². The molecular formula is C24H14BrClFNO4S. The fourth-order valence-electron chi connectivity index (χ4n) is 3.02. The molecule has 4 rings (SSSR count). The molecule has 0 N–H and O–H groups in total. The summed E-state index contributed by atoms with van der Waals surface area (Å²) < 4.78 is 19.4. The average molecular weight is 547 g/mol. The lowest BCUT2D eigenvalue weighted by Crippen LogP contribution is -2.27. The molecule has 0 spiro atoms. The molecule has 166 valence electrons. The minimum Gasteiger partial charge on any atom is -0.423 e. The second-order valence-electron chi connectivity index (χ2n) is 6.97. The summed E-state index contributed by atoms with van der Waals surface area (Å²) in [5.74, 6) is -1.11. The lowest BCUT2D eigenvalue weighted by Gasteiger charge is -2.13. The van der Waals surface area contributed by atoms with E-state index in [1.165, 1.54) is 12.1 Å². The maximum absolute atomic E-state index is 13.2. The number of imide groups is 1. The van der Waals surface area contributed by atoms with Crippen LogP contribution in [0.5, 0.6) is 5.75 Å². The van der Waals surface area contributed by atoms with Crippen molar-refractivity contribution in [3.05, 3.63) is 104 Å². The van der Waals surface area contributed by atoms with E-state index in [0.717, 1.165) is 27.2 Å². The van der Waals surface area contributed by atoms with E-state index >= 15 is 0 Å². The molecule has 1 aliphatic rings. The highest BCUT2D eigenvalue weighted by atomic mass is 79.9. The Morgan fingerprint density at radius 2 is 1.85 bits per heavy atom. The van der Waals surface area contributed by atoms with Gasteiger partial charge >= 0.3 is 5.97 Å². The van der Waals surface area contributed by atoms with Gasteiger partial charge in [-0.25, -0.2) is 9.18 Å². The number of carbonyl (C=O) groups is 3. The molecule has 0 bridgehead atoms. The first kappa shape index (κ1) is 23.2. The van der Waals surface area contributed by atoms with E-state index < -0.39 is 22.9 Å². The number of amides is 2. The van der Waals surface area contributed by atoms with Crippen LogP contribution in [-0.4, -0.2) is 22.0 Å². The maximum Gasteiger partial charge on any atom is 0.343 e. The highest BCUT2D eigenvalue weighted by Crippen LogP contribution is 2.34. The molecule has 0 unspecified atom stereocenters. The van der Waals surface area contributed by atoms with Crippen LogP contribution < -0.4 is 4.74 Å². The molecule has 33 heavy (non-hydrogen) atoms. The van der Waals surface area contributed by atoms with E-state index in [0.29, 0.717) is 22.4 Å². The van der Waals surface area contributed by atoms with Crippen LogP contribution in [0.25, 0.3) is 6.08 Å². The van der Waals surface area contributed by atoms with Crippen LogP contribution in [0.15, 0.2) is 76.1 Å². The summed E-state index contributed by atoms with van der Waals surface area (Å²) in [6.45, 7) is -0.0500. The predicted molar refractivity (Wildman–Crippen MR) is 128 cm³/mol. The molecule has 0 saturated carbocycles. The first-order valence-electron chi connectivity index (χ1n) is 9.57. The zero-order valence-corrected chi connectivity index (χ0v) is 19.9. The third kappa shape index (κ3) is 5.52. The minimum atomic E-state index is -0.497. The number of rotatable bonds is 5. The van der Waals surface area contributed by atoms with Crippen LogP contribution in [0.3, 0.4) is 0 Å². The summed E-state index contributed by atoms with van der Waals surface area (Å²) in [6.07, 6.45) is 1.58. The largest absolute Gasteiger partial charge is 0.423 e. The quantitative estimate of drug-likeness (QED) is 0.202. The topological polar surface area (TPSA) is 63.7 Å². The lowest BCUT2D eigenvalue weighted by molar-refractivity contribution is -0.123. The molecule has 2 amide bonds. The molecule has 1 heterocycles. The molecule has 1 saturated heterocycles. The Labute approximate surface area is 206 Å². The van der Waals surface area contributed by atoms with Crippen molar-refractivity contribution in [3.63, 3.8) is 0 Å². The number of ether oxygens (including phenoxy) is 1. The fourth-order valence-corrected chi connectivity index (χ4v) is 4.49. The normalized spacial score (nSPS) is 14.8. The summed E-state index contributed by atoms with van der Waals surface area (Å²) in [4.78, 5) is 38.6. The van der Waals surface area contributed by atoms with Crippen molar-refractivity contribution in [2.75, 3.05) is 0 Å². The predicted octanol–water partition coefficient (Wildman–Crippen LogP) is 6.70. The van der Waals surface area contributed by atoms with Gasteiger partial charge in [-0.15, -0.1) is 0 Å². The molecule has 1 aliphatic heterocycles. The molecule has 0 radical (unpaired) electrons. The van der Waals surface area contributed by atoms with Crippen LogP contribution in [-0.2, 0) is 11.3 Å². The molecule has 5 nitrogen and oxygen atoms in total. The molecule has 3 aromatic rings. The van der Waals surface area contributed by atoms with E-state index in [1.54, 1.807) is 48.5 Å².